The van der Waals surface area contributed by atoms with Crippen molar-refractivity contribution in [3.8, 4) is 11.3 Å². The number of amides is 2. The SMILES string of the molecule is Cc1cnc(-c2cnc(N)nc2)c2[nH]cc(C(=O)C(=O)N3CCN(C(=O)c4ccccc4)CC3)c12. The second-order valence-electron chi connectivity index (χ2n) is 8.35. The number of nitrogens with zero attached hydrogens (tertiary/aromatic N) is 5. The van der Waals surface area contributed by atoms with Crippen molar-refractivity contribution >= 4 is 34.4 Å². The van der Waals surface area contributed by atoms with Crippen LogP contribution < -0.4 is 5.73 Å². The molecule has 0 saturated carbocycles. The Kier molecular flexibility index (Phi) is 5.69. The van der Waals surface area contributed by atoms with Gasteiger partial charge in [-0.3, -0.25) is 19.4 Å². The number of benzene rings is 1. The lowest BCUT2D eigenvalue weighted by Gasteiger charge is -2.34. The number of aryl methyl sites for hydroxylation is 1. The molecule has 3 aromatic heterocycles. The second kappa shape index (κ2) is 8.98. The summed E-state index contributed by atoms with van der Waals surface area (Å²) in [6, 6.07) is 9.02. The van der Waals surface area contributed by atoms with Crippen LogP contribution in [0.5, 0.6) is 0 Å². The summed E-state index contributed by atoms with van der Waals surface area (Å²) in [7, 11) is 0. The van der Waals surface area contributed by atoms with Crippen molar-refractivity contribution < 1.29 is 14.4 Å². The van der Waals surface area contributed by atoms with E-state index in [2.05, 4.69) is 19.9 Å². The lowest BCUT2D eigenvalue weighted by Crippen LogP contribution is -2.52. The van der Waals surface area contributed by atoms with E-state index >= 15 is 0 Å². The van der Waals surface area contributed by atoms with Gasteiger partial charge in [-0.05, 0) is 24.6 Å². The Morgan fingerprint density at radius 3 is 2.26 bits per heavy atom. The molecule has 1 saturated heterocycles. The third-order valence-corrected chi connectivity index (χ3v) is 6.16. The number of nitrogen functional groups attached to an aromatic ring is 1. The molecule has 0 radical (unpaired) electrons. The average Bonchev–Trinajstić information content (AvgIpc) is 3.35. The molecule has 10 nitrogen and oxygen atoms in total. The molecule has 0 unspecified atom stereocenters. The molecular formula is C25H23N7O3. The summed E-state index contributed by atoms with van der Waals surface area (Å²) in [6.07, 6.45) is 6.31. The van der Waals surface area contributed by atoms with Crippen molar-refractivity contribution in [3.63, 3.8) is 0 Å². The van der Waals surface area contributed by atoms with Gasteiger partial charge < -0.3 is 20.5 Å². The summed E-state index contributed by atoms with van der Waals surface area (Å²) >= 11 is 0. The smallest absolute Gasteiger partial charge is 0.295 e. The summed E-state index contributed by atoms with van der Waals surface area (Å²) in [5.41, 5.74) is 9.05. The maximum atomic E-state index is 13.2. The minimum Gasteiger partial charge on any atom is -0.368 e. The van der Waals surface area contributed by atoms with E-state index in [0.717, 1.165) is 5.56 Å². The average molecular weight is 470 g/mol. The van der Waals surface area contributed by atoms with Gasteiger partial charge >= 0.3 is 0 Å². The van der Waals surface area contributed by atoms with Crippen molar-refractivity contribution in [2.45, 2.75) is 6.92 Å². The number of pyridine rings is 1. The first-order valence-electron chi connectivity index (χ1n) is 11.2. The summed E-state index contributed by atoms with van der Waals surface area (Å²) in [5, 5.41) is 0.628. The summed E-state index contributed by atoms with van der Waals surface area (Å²) in [4.78, 5) is 57.8. The number of piperazine rings is 1. The maximum absolute atomic E-state index is 13.2. The van der Waals surface area contributed by atoms with Gasteiger partial charge in [-0.2, -0.15) is 0 Å². The van der Waals surface area contributed by atoms with Crippen molar-refractivity contribution in [2.24, 2.45) is 0 Å². The number of fused-ring (bicyclic) bond motifs is 1. The molecule has 1 aliphatic rings. The van der Waals surface area contributed by atoms with Crippen LogP contribution in [0.2, 0.25) is 0 Å². The molecule has 176 valence electrons. The monoisotopic (exact) mass is 469 g/mol. The third kappa shape index (κ3) is 4.10. The van der Waals surface area contributed by atoms with Gasteiger partial charge in [0.1, 0.15) is 0 Å². The number of hydrogen-bond acceptors (Lipinski definition) is 7. The Balaban J connectivity index is 1.35. The standard InChI is InChI=1S/C25H23N7O3/c1-15-11-27-20(17-12-29-25(26)30-13-17)21-19(15)18(14-28-21)22(33)24(35)32-9-7-31(8-10-32)23(34)16-5-3-2-4-6-16/h2-6,11-14,28H,7-10H2,1H3,(H2,26,29,30). The fourth-order valence-electron chi connectivity index (χ4n) is 4.30. The Morgan fingerprint density at radius 2 is 1.57 bits per heavy atom. The number of nitrogens with one attached hydrogen (secondary N) is 1. The number of rotatable bonds is 4. The maximum Gasteiger partial charge on any atom is 0.295 e. The summed E-state index contributed by atoms with van der Waals surface area (Å²) in [5.74, 6) is -1.13. The number of carbonyl (C=O) groups excluding carboxylic acids is 3. The summed E-state index contributed by atoms with van der Waals surface area (Å²) in [6.45, 7) is 3.15. The molecule has 0 bridgehead atoms. The van der Waals surface area contributed by atoms with Gasteiger partial charge in [0.2, 0.25) is 5.95 Å². The van der Waals surface area contributed by atoms with Crippen molar-refractivity contribution in [3.05, 3.63) is 71.8 Å². The number of H-pyrrole nitrogens is 1. The van der Waals surface area contributed by atoms with Crippen molar-refractivity contribution in [1.29, 1.82) is 0 Å². The van der Waals surface area contributed by atoms with E-state index in [1.807, 2.05) is 25.1 Å². The minimum atomic E-state index is -0.604. The molecule has 5 rings (SSSR count). The van der Waals surface area contributed by atoms with E-state index in [9.17, 15) is 14.4 Å². The Morgan fingerprint density at radius 1 is 0.914 bits per heavy atom. The van der Waals surface area contributed by atoms with E-state index in [1.54, 1.807) is 35.6 Å². The van der Waals surface area contributed by atoms with Gasteiger partial charge in [0.15, 0.2) is 0 Å². The fourth-order valence-corrected chi connectivity index (χ4v) is 4.30. The fraction of sp³-hybridized carbons (Fsp3) is 0.200. The zero-order valence-corrected chi connectivity index (χ0v) is 19.1. The van der Waals surface area contributed by atoms with E-state index in [1.165, 1.54) is 11.1 Å². The quantitative estimate of drug-likeness (QED) is 0.345. The zero-order chi connectivity index (χ0) is 24.5. The molecule has 4 heterocycles. The first kappa shape index (κ1) is 22.2. The first-order valence-corrected chi connectivity index (χ1v) is 11.2. The molecule has 1 aliphatic heterocycles. The number of aromatic nitrogens is 4. The highest BCUT2D eigenvalue weighted by Crippen LogP contribution is 2.30. The number of hydrogen-bond donors (Lipinski definition) is 2. The van der Waals surface area contributed by atoms with E-state index < -0.39 is 11.7 Å². The topological polar surface area (TPSA) is 138 Å². The van der Waals surface area contributed by atoms with Crippen LogP contribution in [0.4, 0.5) is 5.95 Å². The molecule has 1 aromatic carbocycles. The number of aromatic amines is 1. The van der Waals surface area contributed by atoms with E-state index in [4.69, 9.17) is 5.73 Å². The van der Waals surface area contributed by atoms with Crippen LogP contribution in [-0.4, -0.2) is 73.5 Å². The van der Waals surface area contributed by atoms with Gasteiger partial charge in [0.05, 0.1) is 16.8 Å². The highest BCUT2D eigenvalue weighted by molar-refractivity contribution is 6.45. The van der Waals surface area contributed by atoms with Crippen LogP contribution in [0.25, 0.3) is 22.2 Å². The molecule has 0 spiro atoms. The van der Waals surface area contributed by atoms with Gasteiger partial charge in [0, 0.05) is 67.5 Å². The molecule has 2 amide bonds. The predicted molar refractivity (Wildman–Crippen MR) is 130 cm³/mol. The molecule has 35 heavy (non-hydrogen) atoms. The Bertz CT molecular complexity index is 1420. The van der Waals surface area contributed by atoms with Gasteiger partial charge in [-0.25, -0.2) is 9.97 Å². The normalized spacial score (nSPS) is 13.7. The van der Waals surface area contributed by atoms with Crippen molar-refractivity contribution in [1.82, 2.24) is 29.7 Å². The molecule has 3 N–H and O–H groups in total. The molecule has 0 atom stereocenters. The van der Waals surface area contributed by atoms with Crippen LogP contribution in [0.3, 0.4) is 0 Å². The molecule has 4 aromatic rings. The van der Waals surface area contributed by atoms with Gasteiger partial charge in [-0.1, -0.05) is 18.2 Å². The van der Waals surface area contributed by atoms with Crippen molar-refractivity contribution in [2.75, 3.05) is 31.9 Å². The number of nitrogens with two attached hydrogens (primary N) is 1. The van der Waals surface area contributed by atoms with Crippen LogP contribution in [0, 0.1) is 6.92 Å². The second-order valence-corrected chi connectivity index (χ2v) is 8.35. The molecular weight excluding hydrogens is 446 g/mol. The Hall–Kier alpha value is -4.60. The van der Waals surface area contributed by atoms with Crippen LogP contribution in [0.15, 0.2) is 55.1 Å². The lowest BCUT2D eigenvalue weighted by molar-refractivity contribution is -0.127. The summed E-state index contributed by atoms with van der Waals surface area (Å²) < 4.78 is 0. The van der Waals surface area contributed by atoms with Crippen LogP contribution >= 0.6 is 0 Å². The third-order valence-electron chi connectivity index (χ3n) is 6.16. The van der Waals surface area contributed by atoms with Crippen LogP contribution in [0.1, 0.15) is 26.3 Å². The molecule has 0 aliphatic carbocycles. The highest BCUT2D eigenvalue weighted by atomic mass is 16.2. The molecule has 10 heteroatoms. The van der Waals surface area contributed by atoms with Gasteiger partial charge in [0.25, 0.3) is 17.6 Å². The van der Waals surface area contributed by atoms with Crippen LogP contribution in [-0.2, 0) is 4.79 Å². The van der Waals surface area contributed by atoms with Gasteiger partial charge in [-0.15, -0.1) is 0 Å². The number of ketones is 1. The van der Waals surface area contributed by atoms with E-state index in [0.29, 0.717) is 53.9 Å². The van der Waals surface area contributed by atoms with E-state index in [-0.39, 0.29) is 17.4 Å². The largest absolute Gasteiger partial charge is 0.368 e. The predicted octanol–water partition coefficient (Wildman–Crippen LogP) is 2.08. The highest BCUT2D eigenvalue weighted by Gasteiger charge is 2.30. The Labute approximate surface area is 200 Å². The lowest BCUT2D eigenvalue weighted by atomic mass is 10.0. The minimum absolute atomic E-state index is 0.0806. The molecule has 1 fully saturated rings. The zero-order valence-electron chi connectivity index (χ0n) is 19.1. The number of anilines is 1. The number of carbonyl (C=O) groups is 3. The number of Topliss-reactive ketones (excluding diaryl/α,β-unsaturated/α-hetero) is 1. The first-order chi connectivity index (χ1) is 16.9.